The molecule has 0 bridgehead atoms. The van der Waals surface area contributed by atoms with Crippen LogP contribution in [0.3, 0.4) is 0 Å². The highest BCUT2D eigenvalue weighted by Gasteiger charge is 2.58. The summed E-state index contributed by atoms with van der Waals surface area (Å²) in [4.78, 5) is 12.3. The monoisotopic (exact) mass is 316 g/mol. The molecule has 2 heteroatoms. The summed E-state index contributed by atoms with van der Waals surface area (Å²) in [6, 6.07) is 0. The molecule has 4 aliphatic rings. The fourth-order valence-corrected chi connectivity index (χ4v) is 7.12. The standard InChI is InChI=1S/C21H32O2/c1-20-12-5-4-6-14(20)7-8-15-16-9-10-18(19(22)23-3)21(16,2)13-11-17(15)20/h9,14-15,17-18H,4-8,10-13H2,1-3H3/t14?,15-,17-,18?,20-,21-/m0/s1. The second-order valence-electron chi connectivity index (χ2n) is 9.17. The van der Waals surface area contributed by atoms with Crippen molar-refractivity contribution in [2.45, 2.75) is 71.6 Å². The van der Waals surface area contributed by atoms with E-state index in [9.17, 15) is 4.79 Å². The van der Waals surface area contributed by atoms with Gasteiger partial charge in [-0.1, -0.05) is 38.3 Å². The van der Waals surface area contributed by atoms with Gasteiger partial charge in [0.15, 0.2) is 0 Å². The first kappa shape index (κ1) is 15.7. The number of rotatable bonds is 1. The third kappa shape index (κ3) is 2.09. The van der Waals surface area contributed by atoms with E-state index in [-0.39, 0.29) is 17.3 Å². The molecule has 0 heterocycles. The van der Waals surface area contributed by atoms with E-state index in [1.54, 1.807) is 12.7 Å². The van der Waals surface area contributed by atoms with Gasteiger partial charge in [-0.2, -0.15) is 0 Å². The van der Waals surface area contributed by atoms with Crippen molar-refractivity contribution in [1.29, 1.82) is 0 Å². The first-order chi connectivity index (χ1) is 11.0. The molecule has 0 N–H and O–H groups in total. The minimum Gasteiger partial charge on any atom is -0.469 e. The van der Waals surface area contributed by atoms with E-state index in [0.29, 0.717) is 5.41 Å². The predicted molar refractivity (Wildman–Crippen MR) is 91.8 cm³/mol. The van der Waals surface area contributed by atoms with E-state index in [1.807, 2.05) is 0 Å². The van der Waals surface area contributed by atoms with Gasteiger partial charge < -0.3 is 4.74 Å². The average molecular weight is 316 g/mol. The van der Waals surface area contributed by atoms with Gasteiger partial charge in [0, 0.05) is 5.41 Å². The van der Waals surface area contributed by atoms with Crippen LogP contribution in [0.4, 0.5) is 0 Å². The lowest BCUT2D eigenvalue weighted by Gasteiger charge is -2.59. The summed E-state index contributed by atoms with van der Waals surface area (Å²) in [5, 5.41) is 0. The largest absolute Gasteiger partial charge is 0.469 e. The first-order valence-corrected chi connectivity index (χ1v) is 9.79. The first-order valence-electron chi connectivity index (χ1n) is 9.79. The van der Waals surface area contributed by atoms with Crippen LogP contribution in [0.15, 0.2) is 11.6 Å². The van der Waals surface area contributed by atoms with Crippen molar-refractivity contribution >= 4 is 5.97 Å². The third-order valence-electron chi connectivity index (χ3n) is 8.47. The summed E-state index contributed by atoms with van der Waals surface area (Å²) in [5.74, 6) is 2.63. The number of fused-ring (bicyclic) bond motifs is 5. The van der Waals surface area contributed by atoms with Crippen LogP contribution in [0, 0.1) is 34.5 Å². The zero-order chi connectivity index (χ0) is 16.2. The number of carbonyl (C=O) groups is 1. The summed E-state index contributed by atoms with van der Waals surface area (Å²) in [6.45, 7) is 4.95. The van der Waals surface area contributed by atoms with Crippen LogP contribution in [0.25, 0.3) is 0 Å². The number of methoxy groups -OCH3 is 1. The molecule has 0 spiro atoms. The maximum atomic E-state index is 12.3. The van der Waals surface area contributed by atoms with Gasteiger partial charge in [-0.15, -0.1) is 0 Å². The Morgan fingerprint density at radius 2 is 1.96 bits per heavy atom. The summed E-state index contributed by atoms with van der Waals surface area (Å²) < 4.78 is 5.12. The van der Waals surface area contributed by atoms with Gasteiger partial charge in [0.1, 0.15) is 0 Å². The molecule has 0 aromatic rings. The summed E-state index contributed by atoms with van der Waals surface area (Å²) >= 11 is 0. The molecule has 0 aliphatic heterocycles. The van der Waals surface area contributed by atoms with Crippen LogP contribution in [0.2, 0.25) is 0 Å². The maximum absolute atomic E-state index is 12.3. The highest BCUT2D eigenvalue weighted by molar-refractivity contribution is 5.75. The molecule has 3 fully saturated rings. The number of ether oxygens (including phenoxy) is 1. The Labute approximate surface area is 141 Å². The summed E-state index contributed by atoms with van der Waals surface area (Å²) in [5.41, 5.74) is 2.27. The fraction of sp³-hybridized carbons (Fsp3) is 0.857. The molecule has 2 unspecified atom stereocenters. The predicted octanol–water partition coefficient (Wildman–Crippen LogP) is 5.13. The lowest BCUT2D eigenvalue weighted by atomic mass is 9.46. The van der Waals surface area contributed by atoms with Crippen molar-refractivity contribution in [1.82, 2.24) is 0 Å². The van der Waals surface area contributed by atoms with Crippen molar-refractivity contribution in [3.05, 3.63) is 11.6 Å². The van der Waals surface area contributed by atoms with Gasteiger partial charge in [0.2, 0.25) is 0 Å². The number of esters is 1. The van der Waals surface area contributed by atoms with E-state index < -0.39 is 0 Å². The topological polar surface area (TPSA) is 26.3 Å². The molecular formula is C21H32O2. The molecule has 128 valence electrons. The lowest BCUT2D eigenvalue weighted by molar-refractivity contribution is -0.150. The van der Waals surface area contributed by atoms with Crippen molar-refractivity contribution < 1.29 is 9.53 Å². The highest BCUT2D eigenvalue weighted by atomic mass is 16.5. The van der Waals surface area contributed by atoms with Crippen molar-refractivity contribution in [2.24, 2.45) is 34.5 Å². The molecule has 4 rings (SSSR count). The van der Waals surface area contributed by atoms with Gasteiger partial charge in [-0.3, -0.25) is 4.79 Å². The molecule has 3 saturated carbocycles. The quantitative estimate of drug-likeness (QED) is 0.495. The van der Waals surface area contributed by atoms with Gasteiger partial charge in [0.25, 0.3) is 0 Å². The SMILES string of the molecule is COC(=O)C1CC=C2[C@@H]3CCC4CCCC[C@]4(C)[C@H]3CC[C@@]21C. The minimum atomic E-state index is 0.00904. The van der Waals surface area contributed by atoms with Crippen LogP contribution in [-0.4, -0.2) is 13.1 Å². The molecule has 0 radical (unpaired) electrons. The Morgan fingerprint density at radius 1 is 1.13 bits per heavy atom. The van der Waals surface area contributed by atoms with Crippen LogP contribution in [-0.2, 0) is 9.53 Å². The van der Waals surface area contributed by atoms with Crippen LogP contribution in [0.1, 0.15) is 71.6 Å². The fourth-order valence-electron chi connectivity index (χ4n) is 7.12. The smallest absolute Gasteiger partial charge is 0.309 e. The van der Waals surface area contributed by atoms with Gasteiger partial charge >= 0.3 is 5.97 Å². The number of allylic oxidation sites excluding steroid dienone is 2. The Balaban J connectivity index is 1.64. The third-order valence-corrected chi connectivity index (χ3v) is 8.47. The van der Waals surface area contributed by atoms with Crippen molar-refractivity contribution in [3.63, 3.8) is 0 Å². The van der Waals surface area contributed by atoms with Gasteiger partial charge in [0.05, 0.1) is 13.0 Å². The molecule has 0 aromatic heterocycles. The van der Waals surface area contributed by atoms with E-state index in [1.165, 1.54) is 51.4 Å². The Bertz CT molecular complexity index is 536. The van der Waals surface area contributed by atoms with E-state index >= 15 is 0 Å². The molecule has 23 heavy (non-hydrogen) atoms. The van der Waals surface area contributed by atoms with E-state index in [0.717, 1.165) is 24.2 Å². The van der Waals surface area contributed by atoms with Gasteiger partial charge in [-0.25, -0.2) is 0 Å². The Morgan fingerprint density at radius 3 is 2.74 bits per heavy atom. The summed E-state index contributed by atoms with van der Waals surface area (Å²) in [6.07, 6.45) is 14.4. The van der Waals surface area contributed by atoms with Crippen LogP contribution in [0.5, 0.6) is 0 Å². The molecule has 0 amide bonds. The highest BCUT2D eigenvalue weighted by Crippen LogP contribution is 2.65. The normalized spacial score (nSPS) is 48.7. The molecule has 0 saturated heterocycles. The summed E-state index contributed by atoms with van der Waals surface area (Å²) in [7, 11) is 1.55. The average Bonchev–Trinajstić information content (AvgIpc) is 2.91. The van der Waals surface area contributed by atoms with Crippen molar-refractivity contribution in [2.75, 3.05) is 7.11 Å². The van der Waals surface area contributed by atoms with E-state index in [4.69, 9.17) is 4.74 Å². The number of hydrogen-bond donors (Lipinski definition) is 0. The zero-order valence-electron chi connectivity index (χ0n) is 15.1. The lowest BCUT2D eigenvalue weighted by Crippen LogP contribution is -2.50. The maximum Gasteiger partial charge on any atom is 0.309 e. The van der Waals surface area contributed by atoms with Crippen molar-refractivity contribution in [3.8, 4) is 0 Å². The molecular weight excluding hydrogens is 284 g/mol. The molecule has 2 nitrogen and oxygen atoms in total. The molecule has 0 aromatic carbocycles. The Hall–Kier alpha value is -0.790. The van der Waals surface area contributed by atoms with Crippen LogP contribution >= 0.6 is 0 Å². The van der Waals surface area contributed by atoms with Crippen LogP contribution < -0.4 is 0 Å². The Kier molecular flexibility index (Phi) is 3.66. The molecule has 4 aliphatic carbocycles. The zero-order valence-corrected chi connectivity index (χ0v) is 15.1. The molecule has 6 atom stereocenters. The number of carbonyl (C=O) groups excluding carboxylic acids is 1. The van der Waals surface area contributed by atoms with E-state index in [2.05, 4.69) is 19.9 Å². The second-order valence-corrected chi connectivity index (χ2v) is 9.17. The van der Waals surface area contributed by atoms with Gasteiger partial charge in [-0.05, 0) is 68.1 Å². The number of hydrogen-bond acceptors (Lipinski definition) is 2. The second kappa shape index (κ2) is 5.36. The minimum absolute atomic E-state index is 0.00904.